The Morgan fingerprint density at radius 3 is 2.17 bits per heavy atom. The SMILES string of the molecule is Cc1c(C)n(Cc2ccc(-c3ccccc3C(=O)O)cc2)c2ccc(CNCc3ccc(OC(F)(F)F)cc3)cc12. The predicted molar refractivity (Wildman–Crippen MR) is 153 cm³/mol. The van der Waals surface area contributed by atoms with Crippen LogP contribution in [-0.2, 0) is 19.6 Å². The van der Waals surface area contributed by atoms with E-state index in [0.717, 1.165) is 27.8 Å². The Hall–Kier alpha value is -4.56. The van der Waals surface area contributed by atoms with Crippen molar-refractivity contribution >= 4 is 16.9 Å². The molecule has 210 valence electrons. The number of hydrogen-bond donors (Lipinski definition) is 2. The number of rotatable bonds is 9. The number of nitrogens with one attached hydrogen (secondary N) is 1. The van der Waals surface area contributed by atoms with Gasteiger partial charge in [-0.05, 0) is 77.6 Å². The zero-order valence-corrected chi connectivity index (χ0v) is 22.6. The first-order chi connectivity index (χ1) is 19.6. The minimum atomic E-state index is -4.70. The molecule has 4 aromatic carbocycles. The van der Waals surface area contributed by atoms with Gasteiger partial charge >= 0.3 is 12.3 Å². The van der Waals surface area contributed by atoms with Crippen molar-refractivity contribution < 1.29 is 27.8 Å². The van der Waals surface area contributed by atoms with Crippen molar-refractivity contribution in [2.75, 3.05) is 0 Å². The van der Waals surface area contributed by atoms with E-state index in [1.54, 1.807) is 24.3 Å². The minimum Gasteiger partial charge on any atom is -0.478 e. The molecule has 2 N–H and O–H groups in total. The molecule has 0 fully saturated rings. The number of aromatic carboxylic acids is 1. The number of halogens is 3. The predicted octanol–water partition coefficient (Wildman–Crippen LogP) is 7.86. The number of hydrogen-bond acceptors (Lipinski definition) is 3. The summed E-state index contributed by atoms with van der Waals surface area (Å²) in [6.45, 7) is 6.03. The molecule has 0 atom stereocenters. The molecule has 0 unspecified atom stereocenters. The monoisotopic (exact) mass is 558 g/mol. The van der Waals surface area contributed by atoms with Crippen molar-refractivity contribution in [1.29, 1.82) is 0 Å². The van der Waals surface area contributed by atoms with Crippen LogP contribution in [0.1, 0.15) is 38.3 Å². The summed E-state index contributed by atoms with van der Waals surface area (Å²) in [4.78, 5) is 11.6. The Kier molecular flexibility index (Phi) is 7.85. The van der Waals surface area contributed by atoms with Gasteiger partial charge in [0, 0.05) is 36.2 Å². The molecule has 1 aromatic heterocycles. The number of alkyl halides is 3. The van der Waals surface area contributed by atoms with Crippen LogP contribution in [0.4, 0.5) is 13.2 Å². The van der Waals surface area contributed by atoms with Crippen molar-refractivity contribution in [2.24, 2.45) is 0 Å². The lowest BCUT2D eigenvalue weighted by Crippen LogP contribution is -2.17. The van der Waals surface area contributed by atoms with Gasteiger partial charge < -0.3 is 19.7 Å². The zero-order valence-electron chi connectivity index (χ0n) is 22.6. The number of carboxylic acids is 1. The van der Waals surface area contributed by atoms with Gasteiger partial charge in [-0.25, -0.2) is 4.79 Å². The summed E-state index contributed by atoms with van der Waals surface area (Å²) in [6, 6.07) is 27.2. The summed E-state index contributed by atoms with van der Waals surface area (Å²) >= 11 is 0. The van der Waals surface area contributed by atoms with E-state index in [4.69, 9.17) is 0 Å². The van der Waals surface area contributed by atoms with Crippen molar-refractivity contribution in [2.45, 2.75) is 39.8 Å². The molecule has 5 rings (SSSR count). The largest absolute Gasteiger partial charge is 0.573 e. The van der Waals surface area contributed by atoms with Gasteiger partial charge in [0.1, 0.15) is 5.75 Å². The number of carbonyl (C=O) groups is 1. The molecular formula is C33H29F3N2O3. The van der Waals surface area contributed by atoms with Gasteiger partial charge in [0.2, 0.25) is 0 Å². The van der Waals surface area contributed by atoms with E-state index >= 15 is 0 Å². The minimum absolute atomic E-state index is 0.235. The first kappa shape index (κ1) is 28.0. The highest BCUT2D eigenvalue weighted by Crippen LogP contribution is 2.29. The second-order valence-electron chi connectivity index (χ2n) is 9.99. The Bertz CT molecular complexity index is 1690. The Balaban J connectivity index is 1.27. The molecule has 0 bridgehead atoms. The number of aromatic nitrogens is 1. The van der Waals surface area contributed by atoms with Gasteiger partial charge in [0.25, 0.3) is 0 Å². The molecule has 5 nitrogen and oxygen atoms in total. The number of aryl methyl sites for hydroxylation is 1. The van der Waals surface area contributed by atoms with Crippen LogP contribution in [0.5, 0.6) is 5.75 Å². The van der Waals surface area contributed by atoms with E-state index in [0.29, 0.717) is 25.2 Å². The summed E-state index contributed by atoms with van der Waals surface area (Å²) in [5, 5.41) is 14.0. The molecule has 0 aliphatic rings. The Labute approximate surface area is 235 Å². The van der Waals surface area contributed by atoms with Gasteiger partial charge in [-0.15, -0.1) is 13.2 Å². The third-order valence-corrected chi connectivity index (χ3v) is 7.28. The number of benzene rings is 4. The standard InChI is InChI=1S/C33H29F3N2O3/c1-21-22(2)38(20-24-7-12-26(13-8-24)28-5-3-4-6-29(28)32(39)40)31-16-11-25(17-30(21)31)19-37-18-23-9-14-27(15-10-23)41-33(34,35)36/h3-17,37H,18-20H2,1-2H3,(H,39,40). The second-order valence-corrected chi connectivity index (χ2v) is 9.99. The molecule has 0 aliphatic carbocycles. The van der Waals surface area contributed by atoms with E-state index < -0.39 is 12.3 Å². The molecule has 1 heterocycles. The maximum atomic E-state index is 12.4. The maximum absolute atomic E-state index is 12.4. The van der Waals surface area contributed by atoms with Gasteiger partial charge in [-0.2, -0.15) is 0 Å². The van der Waals surface area contributed by atoms with Crippen LogP contribution in [-0.4, -0.2) is 22.0 Å². The fraction of sp³-hybridized carbons (Fsp3) is 0.182. The van der Waals surface area contributed by atoms with Crippen LogP contribution in [0.15, 0.2) is 91.0 Å². The van der Waals surface area contributed by atoms with E-state index in [1.807, 2.05) is 36.4 Å². The van der Waals surface area contributed by atoms with Crippen molar-refractivity contribution in [1.82, 2.24) is 9.88 Å². The van der Waals surface area contributed by atoms with Gasteiger partial charge in [-0.3, -0.25) is 0 Å². The second kappa shape index (κ2) is 11.5. The van der Waals surface area contributed by atoms with E-state index in [1.165, 1.54) is 28.8 Å². The van der Waals surface area contributed by atoms with Crippen molar-refractivity contribution in [3.63, 3.8) is 0 Å². The normalized spacial score (nSPS) is 11.6. The molecule has 0 spiro atoms. The van der Waals surface area contributed by atoms with Crippen LogP contribution in [0.3, 0.4) is 0 Å². The lowest BCUT2D eigenvalue weighted by molar-refractivity contribution is -0.274. The third-order valence-electron chi connectivity index (χ3n) is 7.28. The lowest BCUT2D eigenvalue weighted by Gasteiger charge is -2.11. The molecule has 0 amide bonds. The maximum Gasteiger partial charge on any atom is 0.573 e. The van der Waals surface area contributed by atoms with Crippen molar-refractivity contribution in [3.8, 4) is 16.9 Å². The van der Waals surface area contributed by atoms with Crippen molar-refractivity contribution in [3.05, 3.63) is 125 Å². The smallest absolute Gasteiger partial charge is 0.478 e. The fourth-order valence-electron chi connectivity index (χ4n) is 5.06. The number of nitrogens with zero attached hydrogens (tertiary/aromatic N) is 1. The summed E-state index contributed by atoms with van der Waals surface area (Å²) in [6.07, 6.45) is -4.70. The quantitative estimate of drug-likeness (QED) is 0.193. The van der Waals surface area contributed by atoms with Crippen LogP contribution in [0.2, 0.25) is 0 Å². The van der Waals surface area contributed by atoms with E-state index in [-0.39, 0.29) is 11.3 Å². The number of carboxylic acid groups (broad SMARTS) is 1. The highest BCUT2D eigenvalue weighted by Gasteiger charge is 2.30. The van der Waals surface area contributed by atoms with E-state index in [2.05, 4.69) is 46.7 Å². The average Bonchev–Trinajstić information content (AvgIpc) is 3.18. The van der Waals surface area contributed by atoms with Gasteiger partial charge in [0.15, 0.2) is 0 Å². The Morgan fingerprint density at radius 1 is 0.854 bits per heavy atom. The topological polar surface area (TPSA) is 63.5 Å². The fourth-order valence-corrected chi connectivity index (χ4v) is 5.06. The summed E-state index contributed by atoms with van der Waals surface area (Å²) < 4.78 is 43.3. The molecule has 8 heteroatoms. The molecule has 0 saturated carbocycles. The highest BCUT2D eigenvalue weighted by atomic mass is 19.4. The average molecular weight is 559 g/mol. The number of ether oxygens (including phenoxy) is 1. The zero-order chi connectivity index (χ0) is 29.1. The summed E-state index contributed by atoms with van der Waals surface area (Å²) in [5.41, 5.74) is 8.41. The van der Waals surface area contributed by atoms with Crippen LogP contribution >= 0.6 is 0 Å². The molecule has 5 aromatic rings. The van der Waals surface area contributed by atoms with Gasteiger partial charge in [-0.1, -0.05) is 60.7 Å². The van der Waals surface area contributed by atoms with Crippen LogP contribution in [0, 0.1) is 13.8 Å². The number of fused-ring (bicyclic) bond motifs is 1. The van der Waals surface area contributed by atoms with Crippen LogP contribution < -0.4 is 10.1 Å². The summed E-state index contributed by atoms with van der Waals surface area (Å²) in [7, 11) is 0. The molecule has 41 heavy (non-hydrogen) atoms. The summed E-state index contributed by atoms with van der Waals surface area (Å²) in [5.74, 6) is -1.18. The lowest BCUT2D eigenvalue weighted by atomic mass is 9.99. The molecular weight excluding hydrogens is 529 g/mol. The van der Waals surface area contributed by atoms with Crippen LogP contribution in [0.25, 0.3) is 22.0 Å². The Morgan fingerprint density at radius 2 is 1.49 bits per heavy atom. The molecule has 0 radical (unpaired) electrons. The molecule has 0 saturated heterocycles. The highest BCUT2D eigenvalue weighted by molar-refractivity contribution is 5.96. The third kappa shape index (κ3) is 6.44. The van der Waals surface area contributed by atoms with E-state index in [9.17, 15) is 23.1 Å². The molecule has 0 aliphatic heterocycles. The first-order valence-electron chi connectivity index (χ1n) is 13.1. The van der Waals surface area contributed by atoms with Gasteiger partial charge in [0.05, 0.1) is 5.56 Å². The first-order valence-corrected chi connectivity index (χ1v) is 13.1.